The molecule has 0 radical (unpaired) electrons. The predicted molar refractivity (Wildman–Crippen MR) is 170 cm³/mol. The maximum atomic E-state index is 5.94. The first-order chi connectivity index (χ1) is 20.1. The highest BCUT2D eigenvalue weighted by atomic mass is 32.1. The molecule has 212 valence electrons. The molecular weight excluding hydrogens is 528 g/mol. The Morgan fingerprint density at radius 1 is 0.951 bits per heavy atom. The molecule has 0 unspecified atom stereocenters. The molecule has 8 heteroatoms. The first kappa shape index (κ1) is 27.3. The number of ether oxygens (including phenoxy) is 1. The van der Waals surface area contributed by atoms with Crippen molar-refractivity contribution in [1.29, 1.82) is 0 Å². The van der Waals surface area contributed by atoms with Crippen LogP contribution in [-0.4, -0.2) is 59.0 Å². The summed E-state index contributed by atoms with van der Waals surface area (Å²) in [4.78, 5) is 9.48. The Balaban J connectivity index is 1.27. The van der Waals surface area contributed by atoms with E-state index in [1.165, 1.54) is 28.3 Å². The molecule has 2 aromatic heterocycles. The van der Waals surface area contributed by atoms with Gasteiger partial charge in [0, 0.05) is 60.8 Å². The number of benzene rings is 2. The Kier molecular flexibility index (Phi) is 8.21. The van der Waals surface area contributed by atoms with Gasteiger partial charge in [-0.2, -0.15) is 0 Å². The van der Waals surface area contributed by atoms with Crippen LogP contribution in [0.2, 0.25) is 0 Å². The smallest absolute Gasteiger partial charge is 0.170 e. The van der Waals surface area contributed by atoms with Gasteiger partial charge >= 0.3 is 0 Å². The largest absolute Gasteiger partial charge is 0.385 e. The number of hydrogen-bond donors (Lipinski definition) is 2. The molecule has 2 fully saturated rings. The summed E-state index contributed by atoms with van der Waals surface area (Å²) in [5.41, 5.74) is 8.27. The van der Waals surface area contributed by atoms with Gasteiger partial charge in [0.05, 0.1) is 31.0 Å². The van der Waals surface area contributed by atoms with Crippen molar-refractivity contribution in [2.75, 3.05) is 49.6 Å². The number of anilines is 2. The number of pyridine rings is 1. The van der Waals surface area contributed by atoms with E-state index < -0.39 is 0 Å². The van der Waals surface area contributed by atoms with Crippen molar-refractivity contribution < 1.29 is 4.74 Å². The molecule has 2 aliphatic rings. The molecule has 41 heavy (non-hydrogen) atoms. The Bertz CT molecular complexity index is 1450. The Morgan fingerprint density at radius 2 is 1.68 bits per heavy atom. The summed E-state index contributed by atoms with van der Waals surface area (Å²) in [6, 6.07) is 27.7. The fraction of sp³-hybridized carbons (Fsp3) is 0.333. The molecule has 0 spiro atoms. The Hall–Kier alpha value is -3.88. The molecule has 2 aliphatic heterocycles. The van der Waals surface area contributed by atoms with Gasteiger partial charge < -0.3 is 29.7 Å². The number of morpholine rings is 1. The zero-order valence-corrected chi connectivity index (χ0v) is 24.6. The van der Waals surface area contributed by atoms with Crippen molar-refractivity contribution >= 4 is 28.7 Å². The molecule has 0 saturated carbocycles. The number of aromatic nitrogens is 2. The van der Waals surface area contributed by atoms with Crippen LogP contribution in [0.4, 0.5) is 11.4 Å². The van der Waals surface area contributed by atoms with Gasteiger partial charge in [0.2, 0.25) is 0 Å². The Morgan fingerprint density at radius 3 is 2.41 bits per heavy atom. The van der Waals surface area contributed by atoms with Gasteiger partial charge in [-0.25, -0.2) is 0 Å². The van der Waals surface area contributed by atoms with E-state index in [0.29, 0.717) is 0 Å². The molecule has 0 amide bonds. The van der Waals surface area contributed by atoms with E-state index in [4.69, 9.17) is 21.9 Å². The van der Waals surface area contributed by atoms with E-state index in [0.717, 1.165) is 62.3 Å². The first-order valence-electron chi connectivity index (χ1n) is 14.5. The lowest BCUT2D eigenvalue weighted by Gasteiger charge is -2.29. The normalized spacial score (nSPS) is 18.9. The molecule has 4 heterocycles. The van der Waals surface area contributed by atoms with Crippen LogP contribution in [0.1, 0.15) is 41.1 Å². The number of rotatable bonds is 9. The monoisotopic (exact) mass is 566 g/mol. The predicted octanol–water partition coefficient (Wildman–Crippen LogP) is 5.80. The Labute approximate surface area is 248 Å². The van der Waals surface area contributed by atoms with Crippen LogP contribution in [0, 0.1) is 13.8 Å². The van der Waals surface area contributed by atoms with Crippen molar-refractivity contribution in [1.82, 2.24) is 19.8 Å². The third-order valence-corrected chi connectivity index (χ3v) is 8.50. The lowest BCUT2D eigenvalue weighted by atomic mass is 9.96. The van der Waals surface area contributed by atoms with Crippen LogP contribution >= 0.6 is 12.2 Å². The van der Waals surface area contributed by atoms with E-state index in [9.17, 15) is 0 Å². The number of nitrogens with one attached hydrogen (secondary N) is 2. The lowest BCUT2D eigenvalue weighted by Crippen LogP contribution is -2.36. The van der Waals surface area contributed by atoms with Crippen molar-refractivity contribution in [3.63, 3.8) is 0 Å². The van der Waals surface area contributed by atoms with Gasteiger partial charge in [-0.3, -0.25) is 4.98 Å². The third kappa shape index (κ3) is 5.80. The summed E-state index contributed by atoms with van der Waals surface area (Å²) in [6.07, 6.45) is 2.83. The van der Waals surface area contributed by atoms with Crippen LogP contribution in [0.15, 0.2) is 85.1 Å². The van der Waals surface area contributed by atoms with Crippen LogP contribution in [-0.2, 0) is 4.74 Å². The van der Waals surface area contributed by atoms with E-state index in [-0.39, 0.29) is 12.1 Å². The van der Waals surface area contributed by atoms with Gasteiger partial charge in [0.1, 0.15) is 0 Å². The maximum absolute atomic E-state index is 5.94. The molecule has 2 atom stereocenters. The minimum atomic E-state index is -0.0246. The average Bonchev–Trinajstić information content (AvgIpc) is 3.50. The fourth-order valence-electron chi connectivity index (χ4n) is 6.14. The number of thiocarbonyl (C=S) groups is 1. The summed E-state index contributed by atoms with van der Waals surface area (Å²) in [6.45, 7) is 9.58. The maximum Gasteiger partial charge on any atom is 0.170 e. The summed E-state index contributed by atoms with van der Waals surface area (Å²) >= 11 is 5.94. The topological polar surface area (TPSA) is 57.6 Å². The molecule has 7 nitrogen and oxygen atoms in total. The standard InChI is InChI=1S/C33H38N6OS/c1-24-23-29(25(2)39(24)28-14-12-27(13-15-28)37-19-21-40-22-20-37)32-31(30-11-6-7-16-35-30)36-33(41)38(32)18-8-17-34-26-9-4-3-5-10-26/h3-7,9-16,23,31-32,34H,8,17-22H2,1-2H3,(H,36,41)/t31-,32+/m1/s1. The molecule has 0 bridgehead atoms. The number of para-hydroxylation sites is 1. The number of nitrogens with zero attached hydrogens (tertiary/aromatic N) is 4. The highest BCUT2D eigenvalue weighted by molar-refractivity contribution is 7.80. The second-order valence-electron chi connectivity index (χ2n) is 10.7. The molecule has 4 aromatic rings. The van der Waals surface area contributed by atoms with Gasteiger partial charge in [-0.05, 0) is 92.6 Å². The van der Waals surface area contributed by atoms with Gasteiger partial charge in [-0.1, -0.05) is 24.3 Å². The minimum absolute atomic E-state index is 0.0246. The van der Waals surface area contributed by atoms with Crippen molar-refractivity contribution in [3.8, 4) is 5.69 Å². The lowest BCUT2D eigenvalue weighted by molar-refractivity contribution is 0.122. The van der Waals surface area contributed by atoms with E-state index >= 15 is 0 Å². The highest BCUT2D eigenvalue weighted by Gasteiger charge is 2.41. The summed E-state index contributed by atoms with van der Waals surface area (Å²) in [7, 11) is 0. The summed E-state index contributed by atoms with van der Waals surface area (Å²) in [5.74, 6) is 0. The molecule has 0 aliphatic carbocycles. The SMILES string of the molecule is Cc1cc([C@H]2[C@@H](c3ccccn3)NC(=S)N2CCCNc2ccccc2)c(C)n1-c1ccc(N2CCOCC2)cc1. The third-order valence-electron chi connectivity index (χ3n) is 8.15. The highest BCUT2D eigenvalue weighted by Crippen LogP contribution is 2.41. The second kappa shape index (κ2) is 12.3. The second-order valence-corrected chi connectivity index (χ2v) is 11.1. The number of hydrogen-bond acceptors (Lipinski definition) is 5. The molecule has 6 rings (SSSR count). The van der Waals surface area contributed by atoms with Crippen LogP contribution in [0.25, 0.3) is 5.69 Å². The zero-order valence-electron chi connectivity index (χ0n) is 23.8. The average molecular weight is 567 g/mol. The van der Waals surface area contributed by atoms with E-state index in [1.54, 1.807) is 0 Å². The van der Waals surface area contributed by atoms with Crippen LogP contribution in [0.3, 0.4) is 0 Å². The van der Waals surface area contributed by atoms with Crippen LogP contribution in [0.5, 0.6) is 0 Å². The van der Waals surface area contributed by atoms with Crippen molar-refractivity contribution in [3.05, 3.63) is 108 Å². The molecular formula is C33H38N6OS. The zero-order chi connectivity index (χ0) is 28.2. The number of aryl methyl sites for hydroxylation is 1. The van der Waals surface area contributed by atoms with Crippen LogP contribution < -0.4 is 15.5 Å². The summed E-state index contributed by atoms with van der Waals surface area (Å²) < 4.78 is 7.90. The van der Waals surface area contributed by atoms with Gasteiger partial charge in [0.25, 0.3) is 0 Å². The van der Waals surface area contributed by atoms with E-state index in [1.807, 2.05) is 18.3 Å². The summed E-state index contributed by atoms with van der Waals surface area (Å²) in [5, 5.41) is 7.94. The molecule has 2 N–H and O–H groups in total. The fourth-order valence-corrected chi connectivity index (χ4v) is 6.47. The molecule has 2 saturated heterocycles. The quantitative estimate of drug-likeness (QED) is 0.196. The first-order valence-corrected chi connectivity index (χ1v) is 14.9. The van der Waals surface area contributed by atoms with Gasteiger partial charge in [-0.15, -0.1) is 0 Å². The van der Waals surface area contributed by atoms with Gasteiger partial charge in [0.15, 0.2) is 5.11 Å². The minimum Gasteiger partial charge on any atom is -0.385 e. The van der Waals surface area contributed by atoms with E-state index in [2.05, 4.69) is 106 Å². The van der Waals surface area contributed by atoms with Crippen molar-refractivity contribution in [2.45, 2.75) is 32.4 Å². The molecule has 2 aromatic carbocycles. The van der Waals surface area contributed by atoms with Crippen molar-refractivity contribution in [2.24, 2.45) is 0 Å².